The van der Waals surface area contributed by atoms with Gasteiger partial charge < -0.3 is 20.0 Å². The van der Waals surface area contributed by atoms with E-state index in [1.807, 2.05) is 62.4 Å². The van der Waals surface area contributed by atoms with Gasteiger partial charge in [0.2, 0.25) is 11.8 Å². The SMILES string of the molecule is CC(C)C[C@H]1C(=O)N2C[C@]3(C[C@H]2C#N)C(=O)Nc2ccc(cc23)CCCCN(Cc2ccccc2)C(=O)C(=O)N1C. The van der Waals surface area contributed by atoms with E-state index in [0.29, 0.717) is 25.9 Å². The summed E-state index contributed by atoms with van der Waals surface area (Å²) in [5.74, 6) is -1.99. The summed E-state index contributed by atoms with van der Waals surface area (Å²) in [5.41, 5.74) is 2.50. The maximum Gasteiger partial charge on any atom is 0.312 e. The summed E-state index contributed by atoms with van der Waals surface area (Å²) in [6.45, 7) is 4.64. The minimum Gasteiger partial charge on any atom is -0.330 e. The molecule has 0 saturated carbocycles. The minimum atomic E-state index is -1.02. The van der Waals surface area contributed by atoms with Crippen LogP contribution < -0.4 is 5.32 Å². The predicted molar refractivity (Wildman–Crippen MR) is 153 cm³/mol. The lowest BCUT2D eigenvalue weighted by Crippen LogP contribution is -2.55. The van der Waals surface area contributed by atoms with Gasteiger partial charge in [-0.05, 0) is 54.4 Å². The number of likely N-dealkylation sites (N-methyl/N-ethyl adjacent to an activating group) is 1. The molecular weight excluding hydrogens is 518 g/mol. The Balaban J connectivity index is 1.55. The van der Waals surface area contributed by atoms with Gasteiger partial charge in [-0.3, -0.25) is 19.2 Å². The molecule has 1 saturated heterocycles. The smallest absolute Gasteiger partial charge is 0.312 e. The van der Waals surface area contributed by atoms with Crippen LogP contribution in [0.1, 0.15) is 56.2 Å². The van der Waals surface area contributed by atoms with Crippen LogP contribution in [0, 0.1) is 17.2 Å². The van der Waals surface area contributed by atoms with Crippen LogP contribution in [0.4, 0.5) is 5.69 Å². The van der Waals surface area contributed by atoms with Crippen LogP contribution in [-0.4, -0.2) is 70.5 Å². The Labute approximate surface area is 241 Å². The molecule has 2 aromatic rings. The number of carbonyl (C=O) groups excluding carboxylic acids is 4. The van der Waals surface area contributed by atoms with Gasteiger partial charge in [-0.1, -0.05) is 56.3 Å². The Bertz CT molecular complexity index is 1400. The third-order valence-corrected chi connectivity index (χ3v) is 8.67. The molecule has 1 spiro atoms. The van der Waals surface area contributed by atoms with Crippen LogP contribution in [0.15, 0.2) is 48.5 Å². The molecule has 0 unspecified atom stereocenters. The lowest BCUT2D eigenvalue weighted by Gasteiger charge is -2.34. The molecule has 3 atom stereocenters. The topological polar surface area (TPSA) is 114 Å². The first-order chi connectivity index (χ1) is 19.6. The quantitative estimate of drug-likeness (QED) is 0.582. The lowest BCUT2D eigenvalue weighted by atomic mass is 9.79. The van der Waals surface area contributed by atoms with E-state index in [1.54, 1.807) is 4.90 Å². The highest BCUT2D eigenvalue weighted by Gasteiger charge is 2.57. The van der Waals surface area contributed by atoms with Crippen LogP contribution in [0.5, 0.6) is 0 Å². The third-order valence-electron chi connectivity index (χ3n) is 8.67. The molecule has 5 rings (SSSR count). The second-order valence-electron chi connectivity index (χ2n) is 12.0. The van der Waals surface area contributed by atoms with Gasteiger partial charge in [0.25, 0.3) is 0 Å². The molecule has 214 valence electrons. The molecule has 0 radical (unpaired) electrons. The number of hydrogen-bond donors (Lipinski definition) is 1. The standard InChI is InChI=1S/C32H37N5O4/c1-21(2)15-27-28(38)37-20-32(17-24(37)18-33)25-16-22(12-13-26(25)34-31(32)41)9-7-8-14-36(30(40)29(39)35(27)3)19-23-10-5-4-6-11-23/h4-6,10-13,16,21,24,27H,7-9,14-15,17,19-20H2,1-3H3,(H,34,41)/t24-,27-,32-/m0/s1. The minimum absolute atomic E-state index is 0.0375. The highest BCUT2D eigenvalue weighted by molar-refractivity contribution is 6.35. The van der Waals surface area contributed by atoms with E-state index in [-0.39, 0.29) is 24.8 Å². The van der Waals surface area contributed by atoms with Gasteiger partial charge in [0, 0.05) is 38.8 Å². The normalized spacial score (nSPS) is 25.1. The number of amides is 4. The maximum absolute atomic E-state index is 14.2. The van der Waals surface area contributed by atoms with Crippen molar-refractivity contribution in [3.63, 3.8) is 0 Å². The summed E-state index contributed by atoms with van der Waals surface area (Å²) < 4.78 is 0. The summed E-state index contributed by atoms with van der Waals surface area (Å²) in [6, 6.07) is 15.9. The summed E-state index contributed by atoms with van der Waals surface area (Å²) >= 11 is 0. The Hall–Kier alpha value is -4.19. The van der Waals surface area contributed by atoms with Crippen molar-refractivity contribution >= 4 is 29.3 Å². The molecule has 3 aliphatic rings. The van der Waals surface area contributed by atoms with E-state index in [4.69, 9.17) is 0 Å². The number of carbonyl (C=O) groups is 4. The van der Waals surface area contributed by atoms with Crippen LogP contribution >= 0.6 is 0 Å². The van der Waals surface area contributed by atoms with Gasteiger partial charge in [-0.2, -0.15) is 5.26 Å². The van der Waals surface area contributed by atoms with Crippen molar-refractivity contribution in [3.05, 3.63) is 65.2 Å². The van der Waals surface area contributed by atoms with Crippen molar-refractivity contribution in [1.29, 1.82) is 5.26 Å². The van der Waals surface area contributed by atoms with E-state index in [9.17, 15) is 24.4 Å². The zero-order valence-corrected chi connectivity index (χ0v) is 23.9. The fraction of sp³-hybridized carbons (Fsp3) is 0.469. The molecule has 41 heavy (non-hydrogen) atoms. The number of fused-ring (bicyclic) bond motifs is 2. The molecule has 3 heterocycles. The number of nitrogens with zero attached hydrogens (tertiary/aromatic N) is 4. The fourth-order valence-electron chi connectivity index (χ4n) is 6.41. The highest BCUT2D eigenvalue weighted by atomic mass is 16.2. The summed E-state index contributed by atoms with van der Waals surface area (Å²) in [5, 5.41) is 13.1. The zero-order valence-electron chi connectivity index (χ0n) is 23.9. The van der Waals surface area contributed by atoms with Crippen molar-refractivity contribution < 1.29 is 19.2 Å². The van der Waals surface area contributed by atoms with Gasteiger partial charge in [0.05, 0.1) is 11.5 Å². The number of benzene rings is 2. The van der Waals surface area contributed by atoms with E-state index >= 15 is 0 Å². The first-order valence-corrected chi connectivity index (χ1v) is 14.4. The Kier molecular flexibility index (Phi) is 7.85. The van der Waals surface area contributed by atoms with Crippen LogP contribution in [0.3, 0.4) is 0 Å². The lowest BCUT2D eigenvalue weighted by molar-refractivity contribution is -0.156. The number of anilines is 1. The highest BCUT2D eigenvalue weighted by Crippen LogP contribution is 2.47. The summed E-state index contributed by atoms with van der Waals surface area (Å²) in [6.07, 6.45) is 2.72. The Morgan fingerprint density at radius 3 is 2.51 bits per heavy atom. The third kappa shape index (κ3) is 5.31. The molecule has 0 aromatic heterocycles. The molecule has 9 heteroatoms. The molecule has 1 N–H and O–H groups in total. The van der Waals surface area contributed by atoms with Gasteiger partial charge in [-0.15, -0.1) is 0 Å². The average Bonchev–Trinajstić information content (AvgIpc) is 3.49. The van der Waals surface area contributed by atoms with E-state index in [2.05, 4.69) is 11.4 Å². The first kappa shape index (κ1) is 28.3. The second kappa shape index (κ2) is 11.4. The van der Waals surface area contributed by atoms with Gasteiger partial charge in [0.1, 0.15) is 12.1 Å². The predicted octanol–water partition coefficient (Wildman–Crippen LogP) is 3.24. The molecule has 2 aromatic carbocycles. The fourth-order valence-corrected chi connectivity index (χ4v) is 6.41. The van der Waals surface area contributed by atoms with Crippen molar-refractivity contribution in [2.75, 3.05) is 25.5 Å². The van der Waals surface area contributed by atoms with E-state index in [0.717, 1.165) is 35.2 Å². The molecule has 0 aliphatic carbocycles. The van der Waals surface area contributed by atoms with E-state index in [1.165, 1.54) is 16.8 Å². The summed E-state index contributed by atoms with van der Waals surface area (Å²) in [4.78, 5) is 59.2. The zero-order chi connectivity index (χ0) is 29.3. The molecular formula is C32H37N5O4. The largest absolute Gasteiger partial charge is 0.330 e. The van der Waals surface area contributed by atoms with E-state index < -0.39 is 35.2 Å². The number of rotatable bonds is 4. The van der Waals surface area contributed by atoms with Crippen LogP contribution in [0.2, 0.25) is 0 Å². The average molecular weight is 556 g/mol. The molecule has 9 nitrogen and oxygen atoms in total. The first-order valence-electron chi connectivity index (χ1n) is 14.4. The molecule has 1 fully saturated rings. The van der Waals surface area contributed by atoms with Crippen molar-refractivity contribution in [2.45, 2.75) is 70.0 Å². The molecule has 4 bridgehead atoms. The summed E-state index contributed by atoms with van der Waals surface area (Å²) in [7, 11) is 1.49. The second-order valence-corrected chi connectivity index (χ2v) is 12.0. The Morgan fingerprint density at radius 2 is 1.80 bits per heavy atom. The van der Waals surface area contributed by atoms with Gasteiger partial charge >= 0.3 is 11.8 Å². The number of nitrogens with one attached hydrogen (secondary N) is 1. The molecule has 3 aliphatic heterocycles. The Morgan fingerprint density at radius 1 is 1.05 bits per heavy atom. The van der Waals surface area contributed by atoms with Crippen LogP contribution in [-0.2, 0) is 37.6 Å². The monoisotopic (exact) mass is 555 g/mol. The number of aryl methyl sites for hydroxylation is 1. The van der Waals surface area contributed by atoms with Crippen molar-refractivity contribution in [3.8, 4) is 6.07 Å². The van der Waals surface area contributed by atoms with Crippen molar-refractivity contribution in [1.82, 2.24) is 14.7 Å². The van der Waals surface area contributed by atoms with Crippen LogP contribution in [0.25, 0.3) is 0 Å². The van der Waals surface area contributed by atoms with Gasteiger partial charge in [0.15, 0.2) is 0 Å². The van der Waals surface area contributed by atoms with Crippen molar-refractivity contribution in [2.24, 2.45) is 5.92 Å². The number of hydrogen-bond acceptors (Lipinski definition) is 5. The molecule has 4 amide bonds. The maximum atomic E-state index is 14.2. The van der Waals surface area contributed by atoms with Gasteiger partial charge in [-0.25, -0.2) is 0 Å². The number of nitriles is 1.